The molecule has 0 fully saturated rings. The largest absolute Gasteiger partial charge is 0.352 e. The van der Waals surface area contributed by atoms with E-state index in [9.17, 15) is 0 Å². The number of rotatable bonds is 5. The van der Waals surface area contributed by atoms with Gasteiger partial charge in [0.25, 0.3) is 0 Å². The van der Waals surface area contributed by atoms with Gasteiger partial charge in [-0.15, -0.1) is 35.3 Å². The van der Waals surface area contributed by atoms with E-state index in [1.165, 1.54) is 15.3 Å². The van der Waals surface area contributed by atoms with E-state index in [0.29, 0.717) is 0 Å². The number of nitrogens with zero attached hydrogens (tertiary/aromatic N) is 1. The minimum Gasteiger partial charge on any atom is -0.352 e. The van der Waals surface area contributed by atoms with E-state index >= 15 is 0 Å². The van der Waals surface area contributed by atoms with Gasteiger partial charge in [-0.25, -0.2) is 0 Å². The second kappa shape index (κ2) is 9.84. The molecule has 120 valence electrons. The minimum atomic E-state index is 0. The monoisotopic (exact) mass is 429 g/mol. The Hall–Kier alpha value is -1.08. The molecule has 2 aromatic rings. The molecule has 5 heteroatoms. The zero-order valence-electron chi connectivity index (χ0n) is 13.3. The molecule has 3 nitrogen and oxygen atoms in total. The van der Waals surface area contributed by atoms with Crippen LogP contribution in [0, 0.1) is 0 Å². The molecular weight excluding hydrogens is 405 g/mol. The zero-order chi connectivity index (χ0) is 15.1. The fraction of sp³-hybridized carbons (Fsp3) is 0.353. The number of hydrogen-bond acceptors (Lipinski definition) is 2. The Morgan fingerprint density at radius 1 is 1.14 bits per heavy atom. The molecule has 0 saturated heterocycles. The number of thiophene rings is 1. The van der Waals surface area contributed by atoms with Gasteiger partial charge in [0.1, 0.15) is 0 Å². The maximum Gasteiger partial charge on any atom is 0.191 e. The molecule has 1 aromatic heterocycles. The predicted octanol–water partition coefficient (Wildman–Crippen LogP) is 4.35. The highest BCUT2D eigenvalue weighted by Crippen LogP contribution is 2.16. The lowest BCUT2D eigenvalue weighted by molar-refractivity contribution is 0.686. The lowest BCUT2D eigenvalue weighted by Gasteiger charge is -2.18. The quantitative estimate of drug-likeness (QED) is 0.421. The average molecular weight is 429 g/mol. The number of benzene rings is 1. The van der Waals surface area contributed by atoms with Gasteiger partial charge >= 0.3 is 0 Å². The van der Waals surface area contributed by atoms with E-state index in [1.807, 2.05) is 17.4 Å². The average Bonchev–Trinajstić information content (AvgIpc) is 3.00. The third kappa shape index (κ3) is 5.61. The van der Waals surface area contributed by atoms with Crippen LogP contribution in [0.3, 0.4) is 0 Å². The van der Waals surface area contributed by atoms with Gasteiger partial charge in [-0.05, 0) is 31.0 Å². The summed E-state index contributed by atoms with van der Waals surface area (Å²) in [7, 11) is 1.80. The van der Waals surface area contributed by atoms with Crippen molar-refractivity contribution >= 4 is 41.3 Å². The summed E-state index contributed by atoms with van der Waals surface area (Å²) in [4.78, 5) is 7.05. The maximum atomic E-state index is 4.29. The molecule has 0 aliphatic heterocycles. The summed E-state index contributed by atoms with van der Waals surface area (Å²) in [6, 6.07) is 15.0. The molecular formula is C17H24IN3S. The molecule has 2 rings (SSSR count). The first-order valence-corrected chi connectivity index (χ1v) is 8.14. The first kappa shape index (κ1) is 19.0. The molecule has 0 saturated carbocycles. The third-order valence-electron chi connectivity index (χ3n) is 3.37. The fourth-order valence-corrected chi connectivity index (χ4v) is 3.00. The standard InChI is InChI=1S/C17H23N3S.HI/c1-4-15-10-11-16(21-15)12-19-17(18-3)20-13(2)14-8-6-5-7-9-14;/h5-11,13H,4,12H2,1-3H3,(H2,18,19,20);1H. The van der Waals surface area contributed by atoms with Gasteiger partial charge < -0.3 is 10.6 Å². The van der Waals surface area contributed by atoms with E-state index in [0.717, 1.165) is 18.9 Å². The van der Waals surface area contributed by atoms with Crippen LogP contribution in [-0.2, 0) is 13.0 Å². The van der Waals surface area contributed by atoms with Crippen LogP contribution in [0.2, 0.25) is 0 Å². The molecule has 0 amide bonds. The van der Waals surface area contributed by atoms with Gasteiger partial charge in [-0.2, -0.15) is 0 Å². The Morgan fingerprint density at radius 2 is 1.82 bits per heavy atom. The molecule has 0 bridgehead atoms. The van der Waals surface area contributed by atoms with Crippen LogP contribution >= 0.6 is 35.3 Å². The van der Waals surface area contributed by atoms with Crippen molar-refractivity contribution in [3.05, 3.63) is 57.8 Å². The van der Waals surface area contributed by atoms with E-state index in [4.69, 9.17) is 0 Å². The van der Waals surface area contributed by atoms with Crippen molar-refractivity contribution in [1.29, 1.82) is 0 Å². The molecule has 0 aliphatic rings. The highest BCUT2D eigenvalue weighted by Gasteiger charge is 2.07. The maximum absolute atomic E-state index is 4.29. The summed E-state index contributed by atoms with van der Waals surface area (Å²) in [6.45, 7) is 5.14. The summed E-state index contributed by atoms with van der Waals surface area (Å²) < 4.78 is 0. The lowest BCUT2D eigenvalue weighted by Crippen LogP contribution is -2.38. The summed E-state index contributed by atoms with van der Waals surface area (Å²) in [5, 5.41) is 6.79. The van der Waals surface area contributed by atoms with Gasteiger partial charge in [-0.3, -0.25) is 4.99 Å². The Balaban J connectivity index is 0.00000242. The van der Waals surface area contributed by atoms with Crippen LogP contribution < -0.4 is 10.6 Å². The van der Waals surface area contributed by atoms with Crippen molar-refractivity contribution in [2.45, 2.75) is 32.9 Å². The van der Waals surface area contributed by atoms with Crippen molar-refractivity contribution in [2.24, 2.45) is 4.99 Å². The smallest absolute Gasteiger partial charge is 0.191 e. The van der Waals surface area contributed by atoms with Gasteiger partial charge in [0.05, 0.1) is 12.6 Å². The Bertz CT molecular complexity index is 581. The van der Waals surface area contributed by atoms with Crippen LogP contribution in [0.5, 0.6) is 0 Å². The van der Waals surface area contributed by atoms with Crippen molar-refractivity contribution in [3.63, 3.8) is 0 Å². The number of guanidine groups is 1. The van der Waals surface area contributed by atoms with Crippen molar-refractivity contribution in [3.8, 4) is 0 Å². The van der Waals surface area contributed by atoms with Crippen molar-refractivity contribution in [2.75, 3.05) is 7.05 Å². The van der Waals surface area contributed by atoms with Crippen molar-refractivity contribution < 1.29 is 0 Å². The first-order chi connectivity index (χ1) is 10.2. The highest BCUT2D eigenvalue weighted by molar-refractivity contribution is 14.0. The van der Waals surface area contributed by atoms with Crippen LogP contribution in [0.1, 0.15) is 35.2 Å². The summed E-state index contributed by atoms with van der Waals surface area (Å²) >= 11 is 1.86. The zero-order valence-corrected chi connectivity index (χ0v) is 16.4. The van der Waals surface area contributed by atoms with Crippen LogP contribution in [0.4, 0.5) is 0 Å². The van der Waals surface area contributed by atoms with E-state index < -0.39 is 0 Å². The third-order valence-corrected chi connectivity index (χ3v) is 4.60. The second-order valence-corrected chi connectivity index (χ2v) is 6.18. The Morgan fingerprint density at radius 3 is 2.41 bits per heavy atom. The number of aryl methyl sites for hydroxylation is 1. The molecule has 0 aliphatic carbocycles. The first-order valence-electron chi connectivity index (χ1n) is 7.32. The summed E-state index contributed by atoms with van der Waals surface area (Å²) in [5.41, 5.74) is 1.25. The molecule has 2 N–H and O–H groups in total. The molecule has 0 radical (unpaired) electrons. The van der Waals surface area contributed by atoms with Gasteiger partial charge in [-0.1, -0.05) is 37.3 Å². The summed E-state index contributed by atoms with van der Waals surface area (Å²) in [6.07, 6.45) is 1.10. The minimum absolute atomic E-state index is 0. The number of nitrogens with one attached hydrogen (secondary N) is 2. The van der Waals surface area contributed by atoms with E-state index in [-0.39, 0.29) is 30.0 Å². The van der Waals surface area contributed by atoms with E-state index in [1.54, 1.807) is 7.05 Å². The molecule has 22 heavy (non-hydrogen) atoms. The second-order valence-electron chi connectivity index (χ2n) is 4.92. The van der Waals surface area contributed by atoms with Gasteiger partial charge in [0, 0.05) is 16.8 Å². The number of hydrogen-bond donors (Lipinski definition) is 2. The molecule has 1 heterocycles. The van der Waals surface area contributed by atoms with Crippen molar-refractivity contribution in [1.82, 2.24) is 10.6 Å². The van der Waals surface area contributed by atoms with Gasteiger partial charge in [0.15, 0.2) is 5.96 Å². The number of halogens is 1. The summed E-state index contributed by atoms with van der Waals surface area (Å²) in [5.74, 6) is 0.831. The van der Waals surface area contributed by atoms with Crippen LogP contribution in [0.15, 0.2) is 47.5 Å². The topological polar surface area (TPSA) is 36.4 Å². The number of aliphatic imine (C=N–C) groups is 1. The lowest BCUT2D eigenvalue weighted by atomic mass is 10.1. The van der Waals surface area contributed by atoms with E-state index in [2.05, 4.69) is 65.9 Å². The fourth-order valence-electron chi connectivity index (χ4n) is 2.10. The normalized spacial score (nSPS) is 12.4. The predicted molar refractivity (Wildman–Crippen MR) is 107 cm³/mol. The Kier molecular flexibility index (Phi) is 8.48. The van der Waals surface area contributed by atoms with Crippen LogP contribution in [-0.4, -0.2) is 13.0 Å². The molecule has 1 unspecified atom stereocenters. The van der Waals surface area contributed by atoms with Gasteiger partial charge in [0.2, 0.25) is 0 Å². The molecule has 0 spiro atoms. The Labute approximate surface area is 154 Å². The SMILES string of the molecule is CCc1ccc(CNC(=NC)NC(C)c2ccccc2)s1.I. The van der Waals surface area contributed by atoms with Crippen LogP contribution in [0.25, 0.3) is 0 Å². The molecule has 1 aromatic carbocycles. The molecule has 1 atom stereocenters. The highest BCUT2D eigenvalue weighted by atomic mass is 127.